The summed E-state index contributed by atoms with van der Waals surface area (Å²) in [7, 11) is -1.94. The molecular weight excluding hydrogens is 372 g/mol. The Morgan fingerprint density at radius 1 is 1.00 bits per heavy atom. The second kappa shape index (κ2) is 7.47. The van der Waals surface area contributed by atoms with Crippen LogP contribution in [0.25, 0.3) is 0 Å². The summed E-state index contributed by atoms with van der Waals surface area (Å²) in [5.74, 6) is 0.701. The lowest BCUT2D eigenvalue weighted by atomic mass is 10.1. The number of methoxy groups -OCH3 is 1. The van der Waals surface area contributed by atoms with Gasteiger partial charge in [0.15, 0.2) is 0 Å². The maximum atomic E-state index is 13.1. The highest BCUT2D eigenvalue weighted by Crippen LogP contribution is 2.30. The average molecular weight is 395 g/mol. The molecule has 0 radical (unpaired) electrons. The normalized spacial score (nSPS) is 15.9. The van der Waals surface area contributed by atoms with Gasteiger partial charge in [0.25, 0.3) is 0 Å². The number of hydrogen-bond acceptors (Lipinski definition) is 4. The number of halogens is 1. The Balaban J connectivity index is 1.79. The van der Waals surface area contributed by atoms with E-state index in [9.17, 15) is 8.42 Å². The summed E-state index contributed by atoms with van der Waals surface area (Å²) in [5, 5.41) is 0.682. The summed E-state index contributed by atoms with van der Waals surface area (Å²) >= 11 is 6.06. The molecule has 3 rings (SSSR count). The lowest BCUT2D eigenvalue weighted by Gasteiger charge is -2.35. The molecule has 2 aromatic rings. The minimum atomic E-state index is -3.53. The van der Waals surface area contributed by atoms with Gasteiger partial charge in [0.1, 0.15) is 5.75 Å². The highest BCUT2D eigenvalue weighted by Gasteiger charge is 2.30. The Bertz CT molecular complexity index is 907. The number of rotatable bonds is 4. The van der Waals surface area contributed by atoms with Gasteiger partial charge in [0, 0.05) is 36.9 Å². The molecule has 1 fully saturated rings. The predicted molar refractivity (Wildman–Crippen MR) is 105 cm³/mol. The van der Waals surface area contributed by atoms with E-state index >= 15 is 0 Å². The highest BCUT2D eigenvalue weighted by atomic mass is 35.5. The van der Waals surface area contributed by atoms with Crippen LogP contribution in [-0.2, 0) is 10.0 Å². The van der Waals surface area contributed by atoms with E-state index in [1.54, 1.807) is 23.5 Å². The van der Waals surface area contributed by atoms with E-state index in [1.165, 1.54) is 0 Å². The summed E-state index contributed by atoms with van der Waals surface area (Å²) in [6.45, 7) is 5.86. The molecule has 0 aliphatic carbocycles. The molecule has 0 atom stereocenters. The first-order valence-corrected chi connectivity index (χ1v) is 10.3. The maximum absolute atomic E-state index is 13.1. The van der Waals surface area contributed by atoms with Crippen LogP contribution in [0, 0.1) is 13.8 Å². The number of anilines is 1. The SMILES string of the molecule is COc1ccc(S(=O)(=O)N2CCN(c3cccc(Cl)c3)CC2)c(C)c1C. The number of nitrogens with zero attached hydrogens (tertiary/aromatic N) is 2. The van der Waals surface area contributed by atoms with E-state index in [0.29, 0.717) is 41.8 Å². The molecule has 0 N–H and O–H groups in total. The quantitative estimate of drug-likeness (QED) is 0.796. The summed E-state index contributed by atoms with van der Waals surface area (Å²) in [5.41, 5.74) is 2.61. The van der Waals surface area contributed by atoms with E-state index in [4.69, 9.17) is 16.3 Å². The molecule has 26 heavy (non-hydrogen) atoms. The van der Waals surface area contributed by atoms with Gasteiger partial charge in [-0.25, -0.2) is 8.42 Å². The van der Waals surface area contributed by atoms with E-state index in [0.717, 1.165) is 16.8 Å². The van der Waals surface area contributed by atoms with Crippen LogP contribution in [0.3, 0.4) is 0 Å². The van der Waals surface area contributed by atoms with Crippen molar-refractivity contribution in [2.45, 2.75) is 18.7 Å². The zero-order chi connectivity index (χ0) is 18.9. The van der Waals surface area contributed by atoms with Gasteiger partial charge in [-0.05, 0) is 55.3 Å². The second-order valence-electron chi connectivity index (χ2n) is 6.39. The van der Waals surface area contributed by atoms with Crippen molar-refractivity contribution in [1.82, 2.24) is 4.31 Å². The molecule has 0 aromatic heterocycles. The number of benzene rings is 2. The zero-order valence-electron chi connectivity index (χ0n) is 15.2. The topological polar surface area (TPSA) is 49.9 Å². The number of hydrogen-bond donors (Lipinski definition) is 0. The molecule has 1 heterocycles. The summed E-state index contributed by atoms with van der Waals surface area (Å²) < 4.78 is 33.0. The van der Waals surface area contributed by atoms with Gasteiger partial charge in [-0.2, -0.15) is 4.31 Å². The lowest BCUT2D eigenvalue weighted by molar-refractivity contribution is 0.384. The van der Waals surface area contributed by atoms with Crippen LogP contribution in [0.4, 0.5) is 5.69 Å². The Hall–Kier alpha value is -1.76. The number of sulfonamides is 1. The van der Waals surface area contributed by atoms with E-state index < -0.39 is 10.0 Å². The monoisotopic (exact) mass is 394 g/mol. The standard InChI is InChI=1S/C19H23ClN2O3S/c1-14-15(2)19(8-7-18(14)25-3)26(23,24)22-11-9-21(10-12-22)17-6-4-5-16(20)13-17/h4-8,13H,9-12H2,1-3H3. The van der Waals surface area contributed by atoms with Crippen molar-refractivity contribution in [3.8, 4) is 5.75 Å². The molecule has 0 amide bonds. The molecule has 7 heteroatoms. The van der Waals surface area contributed by atoms with Crippen LogP contribution in [0.5, 0.6) is 5.75 Å². The fourth-order valence-electron chi connectivity index (χ4n) is 3.27. The highest BCUT2D eigenvalue weighted by molar-refractivity contribution is 7.89. The van der Waals surface area contributed by atoms with Gasteiger partial charge in [0.2, 0.25) is 10.0 Å². The van der Waals surface area contributed by atoms with Crippen LogP contribution in [0.2, 0.25) is 5.02 Å². The van der Waals surface area contributed by atoms with Crippen molar-refractivity contribution in [1.29, 1.82) is 0 Å². The van der Waals surface area contributed by atoms with Crippen molar-refractivity contribution in [2.24, 2.45) is 0 Å². The molecule has 0 spiro atoms. The molecule has 0 saturated carbocycles. The molecule has 140 valence electrons. The largest absolute Gasteiger partial charge is 0.496 e. The Morgan fingerprint density at radius 3 is 2.31 bits per heavy atom. The third kappa shape index (κ3) is 3.54. The summed E-state index contributed by atoms with van der Waals surface area (Å²) in [4.78, 5) is 2.51. The van der Waals surface area contributed by atoms with Crippen LogP contribution in [0.15, 0.2) is 41.3 Å². The molecule has 5 nitrogen and oxygen atoms in total. The third-order valence-corrected chi connectivity index (χ3v) is 7.22. The Kier molecular flexibility index (Phi) is 5.46. The van der Waals surface area contributed by atoms with Crippen LogP contribution in [-0.4, -0.2) is 46.0 Å². The van der Waals surface area contributed by atoms with Gasteiger partial charge in [-0.1, -0.05) is 17.7 Å². The van der Waals surface area contributed by atoms with Crippen molar-refractivity contribution in [3.63, 3.8) is 0 Å². The second-order valence-corrected chi connectivity index (χ2v) is 8.73. The van der Waals surface area contributed by atoms with E-state index in [-0.39, 0.29) is 0 Å². The Morgan fingerprint density at radius 2 is 1.69 bits per heavy atom. The van der Waals surface area contributed by atoms with Crippen molar-refractivity contribution >= 4 is 27.3 Å². The first-order chi connectivity index (χ1) is 12.3. The first-order valence-electron chi connectivity index (χ1n) is 8.49. The zero-order valence-corrected chi connectivity index (χ0v) is 16.8. The van der Waals surface area contributed by atoms with Crippen molar-refractivity contribution in [2.75, 3.05) is 38.2 Å². The van der Waals surface area contributed by atoms with Crippen LogP contribution >= 0.6 is 11.6 Å². The smallest absolute Gasteiger partial charge is 0.243 e. The average Bonchev–Trinajstić information content (AvgIpc) is 2.64. The molecular formula is C19H23ClN2O3S. The fourth-order valence-corrected chi connectivity index (χ4v) is 5.16. The Labute approximate surface area is 160 Å². The van der Waals surface area contributed by atoms with Crippen molar-refractivity contribution in [3.05, 3.63) is 52.5 Å². The van der Waals surface area contributed by atoms with Gasteiger partial charge in [-0.3, -0.25) is 0 Å². The van der Waals surface area contributed by atoms with Crippen LogP contribution in [0.1, 0.15) is 11.1 Å². The molecule has 0 bridgehead atoms. The van der Waals surface area contributed by atoms with Gasteiger partial charge < -0.3 is 9.64 Å². The van der Waals surface area contributed by atoms with Crippen LogP contribution < -0.4 is 9.64 Å². The molecule has 2 aromatic carbocycles. The molecule has 1 aliphatic rings. The lowest BCUT2D eigenvalue weighted by Crippen LogP contribution is -2.48. The maximum Gasteiger partial charge on any atom is 0.243 e. The molecule has 1 saturated heterocycles. The first kappa shape index (κ1) is 19.0. The van der Waals surface area contributed by atoms with Gasteiger partial charge in [-0.15, -0.1) is 0 Å². The minimum absolute atomic E-state index is 0.354. The number of ether oxygens (including phenoxy) is 1. The molecule has 0 unspecified atom stereocenters. The molecule has 1 aliphatic heterocycles. The summed E-state index contributed by atoms with van der Waals surface area (Å²) in [6.07, 6.45) is 0. The van der Waals surface area contributed by atoms with E-state index in [2.05, 4.69) is 4.90 Å². The van der Waals surface area contributed by atoms with Gasteiger partial charge >= 0.3 is 0 Å². The summed E-state index contributed by atoms with van der Waals surface area (Å²) in [6, 6.07) is 11.0. The predicted octanol–water partition coefficient (Wildman–Crippen LogP) is 3.48. The van der Waals surface area contributed by atoms with Crippen molar-refractivity contribution < 1.29 is 13.2 Å². The fraction of sp³-hybridized carbons (Fsp3) is 0.368. The third-order valence-electron chi connectivity index (χ3n) is 4.94. The number of piperazine rings is 1. The minimum Gasteiger partial charge on any atom is -0.496 e. The van der Waals surface area contributed by atoms with Gasteiger partial charge in [0.05, 0.1) is 12.0 Å². The van der Waals surface area contributed by atoms with E-state index in [1.807, 2.05) is 38.1 Å².